The first-order valence-corrected chi connectivity index (χ1v) is 3.08. The van der Waals surface area contributed by atoms with E-state index in [0.29, 0.717) is 0 Å². The van der Waals surface area contributed by atoms with Crippen molar-refractivity contribution < 1.29 is 3.02 Å². The van der Waals surface area contributed by atoms with Gasteiger partial charge in [-0.05, 0) is 0 Å². The average Bonchev–Trinajstić information content (AvgIpc) is 1.41. The van der Waals surface area contributed by atoms with Gasteiger partial charge < -0.3 is 0 Å². The Labute approximate surface area is 46.8 Å². The van der Waals surface area contributed by atoms with Crippen LogP contribution in [0.1, 0.15) is 13.3 Å². The molecule has 0 saturated heterocycles. The summed E-state index contributed by atoms with van der Waals surface area (Å²) in [5.41, 5.74) is 0. The van der Waals surface area contributed by atoms with Crippen molar-refractivity contribution in [2.45, 2.75) is 13.3 Å². The van der Waals surface area contributed by atoms with Crippen LogP contribution in [0.25, 0.3) is 0 Å². The molecule has 0 heterocycles. The summed E-state index contributed by atoms with van der Waals surface area (Å²) in [4.78, 5) is 0. The molecular formula is C3H9OSb. The Morgan fingerprint density at radius 2 is 2.40 bits per heavy atom. The van der Waals surface area contributed by atoms with E-state index in [2.05, 4.69) is 6.92 Å². The molecule has 0 aromatic carbocycles. The van der Waals surface area contributed by atoms with Gasteiger partial charge in [0.05, 0.1) is 0 Å². The zero-order chi connectivity index (χ0) is 4.12. The third kappa shape index (κ3) is 4.78. The van der Waals surface area contributed by atoms with Gasteiger partial charge in [0.25, 0.3) is 0 Å². The summed E-state index contributed by atoms with van der Waals surface area (Å²) in [6.07, 6.45) is 1.15. The topological polar surface area (TPSA) is 9.23 Å². The van der Waals surface area contributed by atoms with Crippen LogP contribution in [0.5, 0.6) is 0 Å². The van der Waals surface area contributed by atoms with Gasteiger partial charge in [0.1, 0.15) is 0 Å². The molecule has 0 aromatic heterocycles. The first-order valence-electron chi connectivity index (χ1n) is 1.73. The fourth-order valence-corrected chi connectivity index (χ4v) is 0.791. The molecule has 0 aliphatic carbocycles. The molecular weight excluding hydrogens is 174 g/mol. The van der Waals surface area contributed by atoms with Crippen molar-refractivity contribution in [1.82, 2.24) is 0 Å². The maximum absolute atomic E-state index is 4.82. The fraction of sp³-hybridized carbons (Fsp3) is 1.00. The summed E-state index contributed by atoms with van der Waals surface area (Å²) >= 11 is 0.951. The minimum absolute atomic E-state index is 0.947. The van der Waals surface area contributed by atoms with Crippen LogP contribution in [0.15, 0.2) is 0 Å². The Bertz CT molecular complexity index is 14.4. The SMILES string of the molecule is CCC[O][SbH2]. The van der Waals surface area contributed by atoms with Gasteiger partial charge in [-0.3, -0.25) is 0 Å². The van der Waals surface area contributed by atoms with Crippen LogP contribution in [-0.2, 0) is 3.02 Å². The second-order valence-electron chi connectivity index (χ2n) is 0.871. The van der Waals surface area contributed by atoms with Crippen molar-refractivity contribution in [2.24, 2.45) is 0 Å². The summed E-state index contributed by atoms with van der Waals surface area (Å²) < 4.78 is 4.82. The molecule has 0 spiro atoms. The number of hydrogen-bond donors (Lipinski definition) is 0. The van der Waals surface area contributed by atoms with Crippen LogP contribution in [0, 0.1) is 0 Å². The first kappa shape index (κ1) is 5.78. The molecule has 1 nitrogen and oxygen atoms in total. The summed E-state index contributed by atoms with van der Waals surface area (Å²) in [6, 6.07) is 0. The van der Waals surface area contributed by atoms with Gasteiger partial charge in [0, 0.05) is 0 Å². The van der Waals surface area contributed by atoms with Crippen molar-refractivity contribution in [3.63, 3.8) is 0 Å². The Morgan fingerprint density at radius 3 is 2.40 bits per heavy atom. The van der Waals surface area contributed by atoms with Crippen LogP contribution in [0.3, 0.4) is 0 Å². The average molecular weight is 183 g/mol. The van der Waals surface area contributed by atoms with Crippen molar-refractivity contribution in [3.05, 3.63) is 0 Å². The van der Waals surface area contributed by atoms with E-state index in [0.717, 1.165) is 36.5 Å². The summed E-state index contributed by atoms with van der Waals surface area (Å²) in [6.45, 7) is 3.05. The Balaban J connectivity index is 2.19. The van der Waals surface area contributed by atoms with Crippen LogP contribution in [-0.4, -0.2) is 30.0 Å². The van der Waals surface area contributed by atoms with Crippen LogP contribution in [0.4, 0.5) is 0 Å². The molecule has 0 bridgehead atoms. The summed E-state index contributed by atoms with van der Waals surface area (Å²) in [5.74, 6) is 0. The zero-order valence-electron chi connectivity index (χ0n) is 3.40. The number of hydrogen-bond acceptors (Lipinski definition) is 1. The molecule has 0 fully saturated rings. The standard InChI is InChI=1S/C3H7O.Sb.2H/c1-2-3-4;;;/h2-3H2,1H3;;;/q-1;+1;;. The molecule has 0 aliphatic rings. The van der Waals surface area contributed by atoms with E-state index < -0.39 is 0 Å². The van der Waals surface area contributed by atoms with E-state index in [-0.39, 0.29) is 0 Å². The predicted molar refractivity (Wildman–Crippen MR) is 24.8 cm³/mol. The molecule has 5 heavy (non-hydrogen) atoms. The third-order valence-corrected chi connectivity index (χ3v) is 0.995. The van der Waals surface area contributed by atoms with Crippen LogP contribution < -0.4 is 0 Å². The number of rotatable bonds is 2. The van der Waals surface area contributed by atoms with Gasteiger partial charge in [-0.15, -0.1) is 0 Å². The van der Waals surface area contributed by atoms with Gasteiger partial charge in [-0.2, -0.15) is 0 Å². The molecule has 2 heteroatoms. The molecule has 0 saturated carbocycles. The van der Waals surface area contributed by atoms with Crippen molar-refractivity contribution in [1.29, 1.82) is 0 Å². The zero-order valence-corrected chi connectivity index (χ0v) is 6.70. The van der Waals surface area contributed by atoms with Crippen LogP contribution in [0.2, 0.25) is 0 Å². The summed E-state index contributed by atoms with van der Waals surface area (Å²) in [5, 5.41) is 0. The molecule has 0 radical (unpaired) electrons. The minimum atomic E-state index is 0.947. The van der Waals surface area contributed by atoms with Gasteiger partial charge in [-0.25, -0.2) is 0 Å². The quantitative estimate of drug-likeness (QED) is 0.545. The van der Waals surface area contributed by atoms with E-state index in [4.69, 9.17) is 3.02 Å². The maximum atomic E-state index is 4.82. The van der Waals surface area contributed by atoms with Gasteiger partial charge >= 0.3 is 46.4 Å². The fourth-order valence-electron chi connectivity index (χ4n) is 0.118. The molecule has 0 unspecified atom stereocenters. The normalized spacial score (nSPS) is 8.40. The van der Waals surface area contributed by atoms with Crippen molar-refractivity contribution in [3.8, 4) is 0 Å². The Morgan fingerprint density at radius 1 is 1.80 bits per heavy atom. The molecule has 32 valence electrons. The van der Waals surface area contributed by atoms with E-state index in [1.165, 1.54) is 0 Å². The van der Waals surface area contributed by atoms with E-state index in [1.807, 2.05) is 0 Å². The van der Waals surface area contributed by atoms with Crippen molar-refractivity contribution >= 4 is 23.4 Å². The van der Waals surface area contributed by atoms with Gasteiger partial charge in [-0.1, -0.05) is 0 Å². The molecule has 0 aliphatic heterocycles. The molecule has 0 rings (SSSR count). The van der Waals surface area contributed by atoms with Gasteiger partial charge in [0.15, 0.2) is 0 Å². The van der Waals surface area contributed by atoms with E-state index >= 15 is 0 Å². The molecule has 0 aromatic rings. The second-order valence-corrected chi connectivity index (χ2v) is 1.82. The Hall–Kier alpha value is 0.778. The van der Waals surface area contributed by atoms with Gasteiger partial charge in [0.2, 0.25) is 0 Å². The summed E-state index contributed by atoms with van der Waals surface area (Å²) in [7, 11) is 0. The predicted octanol–water partition coefficient (Wildman–Crippen LogP) is -0.0389. The van der Waals surface area contributed by atoms with E-state index in [1.54, 1.807) is 0 Å². The van der Waals surface area contributed by atoms with E-state index in [9.17, 15) is 0 Å². The monoisotopic (exact) mass is 182 g/mol. The molecule has 0 atom stereocenters. The van der Waals surface area contributed by atoms with Crippen molar-refractivity contribution in [2.75, 3.05) is 6.61 Å². The third-order valence-electron chi connectivity index (χ3n) is 0.322. The van der Waals surface area contributed by atoms with Crippen LogP contribution >= 0.6 is 0 Å². The first-order chi connectivity index (χ1) is 2.41. The molecule has 0 N–H and O–H groups in total. The second kappa shape index (κ2) is 4.78. The Kier molecular flexibility index (Phi) is 5.52. The molecule has 0 amide bonds.